The Hall–Kier alpha value is -7.76. The van der Waals surface area contributed by atoms with Gasteiger partial charge >= 0.3 is 0 Å². The standard InChI is InChI=1S/C66H61BN4/c1-42(2)46-22-28-52(29-23-46)68(53-30-24-47(25-31-53)43(3)4)54-32-34-58-64(40-54)69(50-16-11-9-12-17-50)62-20-15-21-63-66(62)67(58)59-35-33-55(41-65(59)70(63)51-18-13-10-14-19-51)71-60-36-26-48(44(5)6)38-56(60)57-39-49(45(7)8)27-37-61(57)71/h9-45H,1-8H3. The van der Waals surface area contributed by atoms with Crippen LogP contribution < -0.4 is 31.1 Å². The number of aromatic nitrogens is 1. The molecule has 0 spiro atoms. The molecule has 71 heavy (non-hydrogen) atoms. The van der Waals surface area contributed by atoms with E-state index in [1.54, 1.807) is 0 Å². The number of benzene rings is 9. The van der Waals surface area contributed by atoms with E-state index < -0.39 is 0 Å². The molecule has 0 atom stereocenters. The van der Waals surface area contributed by atoms with Gasteiger partial charge in [-0.3, -0.25) is 0 Å². The average molecular weight is 921 g/mol. The molecule has 0 fully saturated rings. The average Bonchev–Trinajstić information content (AvgIpc) is 3.72. The van der Waals surface area contributed by atoms with Crippen molar-refractivity contribution in [1.82, 2.24) is 4.57 Å². The summed E-state index contributed by atoms with van der Waals surface area (Å²) in [6.45, 7) is 18.2. The highest BCUT2D eigenvalue weighted by Gasteiger charge is 2.43. The summed E-state index contributed by atoms with van der Waals surface area (Å²) in [6.07, 6.45) is 0. The van der Waals surface area contributed by atoms with Crippen molar-refractivity contribution in [3.63, 3.8) is 0 Å². The maximum atomic E-state index is 2.52. The number of anilines is 9. The highest BCUT2D eigenvalue weighted by molar-refractivity contribution is 7.00. The van der Waals surface area contributed by atoms with Crippen LogP contribution in [0.25, 0.3) is 27.5 Å². The Morgan fingerprint density at radius 1 is 0.338 bits per heavy atom. The van der Waals surface area contributed by atoms with Crippen molar-refractivity contribution in [2.45, 2.75) is 79.1 Å². The minimum absolute atomic E-state index is 0.0290. The van der Waals surface area contributed by atoms with Crippen LogP contribution in [0.15, 0.2) is 200 Å². The molecular weight excluding hydrogens is 860 g/mol. The van der Waals surface area contributed by atoms with E-state index in [4.69, 9.17) is 0 Å². The second-order valence-corrected chi connectivity index (χ2v) is 21.0. The van der Waals surface area contributed by atoms with Crippen molar-refractivity contribution in [1.29, 1.82) is 0 Å². The molecule has 4 nitrogen and oxygen atoms in total. The van der Waals surface area contributed by atoms with E-state index in [-0.39, 0.29) is 6.71 Å². The van der Waals surface area contributed by atoms with Gasteiger partial charge in [-0.1, -0.05) is 146 Å². The van der Waals surface area contributed by atoms with Crippen LogP contribution in [0.3, 0.4) is 0 Å². The molecule has 10 aromatic rings. The third kappa shape index (κ3) is 7.44. The van der Waals surface area contributed by atoms with Gasteiger partial charge in [0.05, 0.1) is 11.0 Å². The first-order chi connectivity index (χ1) is 34.5. The lowest BCUT2D eigenvalue weighted by Gasteiger charge is -2.44. The molecule has 2 aliphatic rings. The monoisotopic (exact) mass is 920 g/mol. The van der Waals surface area contributed by atoms with E-state index >= 15 is 0 Å². The summed E-state index contributed by atoms with van der Waals surface area (Å²) in [5, 5.41) is 2.61. The molecule has 0 saturated heterocycles. The first kappa shape index (κ1) is 44.5. The van der Waals surface area contributed by atoms with Gasteiger partial charge in [-0.15, -0.1) is 0 Å². The van der Waals surface area contributed by atoms with E-state index in [9.17, 15) is 0 Å². The number of para-hydroxylation sites is 2. The van der Waals surface area contributed by atoms with Crippen LogP contribution >= 0.6 is 0 Å². The number of rotatable bonds is 10. The van der Waals surface area contributed by atoms with Crippen LogP contribution in [-0.4, -0.2) is 11.3 Å². The van der Waals surface area contributed by atoms with Crippen LogP contribution in [0, 0.1) is 0 Å². The zero-order valence-corrected chi connectivity index (χ0v) is 42.2. The molecule has 12 rings (SSSR count). The number of fused-ring (bicyclic) bond motifs is 7. The second kappa shape index (κ2) is 17.6. The van der Waals surface area contributed by atoms with Crippen molar-refractivity contribution in [3.05, 3.63) is 222 Å². The Morgan fingerprint density at radius 2 is 0.761 bits per heavy atom. The zero-order valence-electron chi connectivity index (χ0n) is 42.2. The Labute approximate surface area is 420 Å². The predicted octanol–water partition coefficient (Wildman–Crippen LogP) is 16.8. The summed E-state index contributed by atoms with van der Waals surface area (Å²) in [4.78, 5) is 7.46. The van der Waals surface area contributed by atoms with Gasteiger partial charge in [0.2, 0.25) is 0 Å². The molecule has 0 unspecified atom stereocenters. The fourth-order valence-corrected chi connectivity index (χ4v) is 11.4. The normalized spacial score (nSPS) is 12.9. The number of hydrogen-bond acceptors (Lipinski definition) is 3. The molecule has 0 bridgehead atoms. The lowest BCUT2D eigenvalue weighted by molar-refractivity contribution is 0.866. The van der Waals surface area contributed by atoms with E-state index in [0.29, 0.717) is 23.7 Å². The maximum absolute atomic E-state index is 2.52. The maximum Gasteiger partial charge on any atom is 0.252 e. The molecule has 2 aliphatic heterocycles. The van der Waals surface area contributed by atoms with Gasteiger partial charge in [-0.2, -0.15) is 0 Å². The highest BCUT2D eigenvalue weighted by Crippen LogP contribution is 2.47. The first-order valence-electron chi connectivity index (χ1n) is 25.7. The van der Waals surface area contributed by atoms with Crippen molar-refractivity contribution >= 4 is 96.1 Å². The van der Waals surface area contributed by atoms with E-state index in [2.05, 4.69) is 275 Å². The molecule has 1 aromatic heterocycles. The molecule has 5 heteroatoms. The minimum atomic E-state index is -0.0290. The quantitative estimate of drug-likeness (QED) is 0.127. The van der Waals surface area contributed by atoms with Crippen molar-refractivity contribution in [2.75, 3.05) is 14.7 Å². The molecule has 0 aliphatic carbocycles. The van der Waals surface area contributed by atoms with Gasteiger partial charge in [0.1, 0.15) is 0 Å². The molecule has 0 radical (unpaired) electrons. The molecule has 0 saturated carbocycles. The summed E-state index contributed by atoms with van der Waals surface area (Å²) in [6, 6.07) is 75.9. The van der Waals surface area contributed by atoms with Crippen LogP contribution in [0.1, 0.15) is 101 Å². The Kier molecular flexibility index (Phi) is 11.0. The molecular formula is C66H61BN4. The summed E-state index contributed by atoms with van der Waals surface area (Å²) in [5.74, 6) is 1.76. The van der Waals surface area contributed by atoms with Crippen LogP contribution in [0.4, 0.5) is 51.2 Å². The van der Waals surface area contributed by atoms with Gasteiger partial charge in [0, 0.05) is 67.6 Å². The van der Waals surface area contributed by atoms with Crippen LogP contribution in [0.5, 0.6) is 0 Å². The first-order valence-corrected chi connectivity index (χ1v) is 25.7. The van der Waals surface area contributed by atoms with Gasteiger partial charge in [0.25, 0.3) is 6.71 Å². The second-order valence-electron chi connectivity index (χ2n) is 21.0. The fourth-order valence-electron chi connectivity index (χ4n) is 11.4. The van der Waals surface area contributed by atoms with Gasteiger partial charge in [0.15, 0.2) is 0 Å². The summed E-state index contributed by atoms with van der Waals surface area (Å²) in [7, 11) is 0. The molecule has 0 amide bonds. The summed E-state index contributed by atoms with van der Waals surface area (Å²) < 4.78 is 2.50. The van der Waals surface area contributed by atoms with Crippen LogP contribution in [-0.2, 0) is 0 Å². The minimum Gasteiger partial charge on any atom is -0.311 e. The molecule has 3 heterocycles. The highest BCUT2D eigenvalue weighted by atomic mass is 15.2. The van der Waals surface area contributed by atoms with Gasteiger partial charge in [-0.25, -0.2) is 0 Å². The number of hydrogen-bond donors (Lipinski definition) is 0. The molecule has 9 aromatic carbocycles. The lowest BCUT2D eigenvalue weighted by Crippen LogP contribution is -2.61. The lowest BCUT2D eigenvalue weighted by atomic mass is 9.33. The van der Waals surface area contributed by atoms with E-state index in [1.807, 2.05) is 0 Å². The topological polar surface area (TPSA) is 14.7 Å². The number of nitrogens with zero attached hydrogens (tertiary/aromatic N) is 4. The third-order valence-electron chi connectivity index (χ3n) is 15.3. The Bertz CT molecular complexity index is 3490. The molecule has 0 N–H and O–H groups in total. The van der Waals surface area contributed by atoms with E-state index in [1.165, 1.54) is 83.2 Å². The Morgan fingerprint density at radius 3 is 1.23 bits per heavy atom. The van der Waals surface area contributed by atoms with E-state index in [0.717, 1.165) is 34.1 Å². The largest absolute Gasteiger partial charge is 0.311 e. The van der Waals surface area contributed by atoms with Crippen LogP contribution in [0.2, 0.25) is 0 Å². The van der Waals surface area contributed by atoms with Crippen molar-refractivity contribution < 1.29 is 0 Å². The van der Waals surface area contributed by atoms with Gasteiger partial charge < -0.3 is 19.3 Å². The van der Waals surface area contributed by atoms with Gasteiger partial charge in [-0.05, 0) is 172 Å². The zero-order chi connectivity index (χ0) is 48.7. The Balaban J connectivity index is 1.10. The SMILES string of the molecule is CC(C)c1ccc(N(c2ccc(C(C)C)cc2)c2ccc3c(c2)N(c2ccccc2)c2cccc4c2B3c2ccc(-n3c5ccc(C(C)C)cc5c5cc(C(C)C)ccc53)cc2N4c2ccccc2)cc1. The summed E-state index contributed by atoms with van der Waals surface area (Å²) >= 11 is 0. The third-order valence-corrected chi connectivity index (χ3v) is 15.3. The van der Waals surface area contributed by atoms with Crippen molar-refractivity contribution in [2.24, 2.45) is 0 Å². The fraction of sp³-hybridized carbons (Fsp3) is 0.182. The predicted molar refractivity (Wildman–Crippen MR) is 306 cm³/mol. The molecule has 348 valence electrons. The smallest absolute Gasteiger partial charge is 0.252 e. The van der Waals surface area contributed by atoms with Crippen molar-refractivity contribution in [3.8, 4) is 5.69 Å². The summed E-state index contributed by atoms with van der Waals surface area (Å²) in [5.41, 5.74) is 23.3.